The minimum Gasteiger partial charge on any atom is -0.464 e. The Bertz CT molecular complexity index is 1150. The fourth-order valence-electron chi connectivity index (χ4n) is 3.79. The number of aromatic amines is 1. The number of carbonyl (C=O) groups is 3. The molecule has 1 heterocycles. The molecule has 3 aromatic rings. The zero-order valence-corrected chi connectivity index (χ0v) is 20.5. The van der Waals surface area contributed by atoms with Crippen LogP contribution in [-0.2, 0) is 32.0 Å². The van der Waals surface area contributed by atoms with E-state index in [4.69, 9.17) is 10.5 Å². The summed E-state index contributed by atoms with van der Waals surface area (Å²) >= 11 is 0. The number of carbonyl (C=O) groups excluding carboxylic acids is 3. The Labute approximate surface area is 205 Å². The second-order valence-electron chi connectivity index (χ2n) is 9.15. The highest BCUT2D eigenvalue weighted by atomic mass is 16.5. The van der Waals surface area contributed by atoms with Crippen LogP contribution in [-0.4, -0.2) is 47.0 Å². The first-order chi connectivity index (χ1) is 16.7. The van der Waals surface area contributed by atoms with Crippen molar-refractivity contribution in [3.05, 3.63) is 71.9 Å². The number of rotatable bonds is 11. The van der Waals surface area contributed by atoms with E-state index >= 15 is 0 Å². The first kappa shape index (κ1) is 26.0. The number of aryl methyl sites for hydroxylation is 1. The minimum atomic E-state index is -1.17. The van der Waals surface area contributed by atoms with Crippen LogP contribution >= 0.6 is 0 Å². The summed E-state index contributed by atoms with van der Waals surface area (Å²) in [5, 5.41) is 6.53. The average Bonchev–Trinajstić information content (AvgIpc) is 3.24. The van der Waals surface area contributed by atoms with Crippen molar-refractivity contribution < 1.29 is 19.1 Å². The maximum Gasteiger partial charge on any atom is 0.328 e. The van der Waals surface area contributed by atoms with Crippen LogP contribution in [0.25, 0.3) is 10.9 Å². The number of nitrogens with one attached hydrogen (secondary N) is 3. The Morgan fingerprint density at radius 1 is 1.00 bits per heavy atom. The normalized spacial score (nSPS) is 13.1. The summed E-state index contributed by atoms with van der Waals surface area (Å²) in [5.41, 5.74) is 7.64. The zero-order chi connectivity index (χ0) is 25.4. The van der Waals surface area contributed by atoms with Gasteiger partial charge in [-0.25, -0.2) is 4.79 Å². The van der Waals surface area contributed by atoms with Crippen molar-refractivity contribution >= 4 is 28.7 Å². The molecule has 0 radical (unpaired) electrons. The van der Waals surface area contributed by atoms with Gasteiger partial charge in [-0.15, -0.1) is 0 Å². The van der Waals surface area contributed by atoms with Crippen molar-refractivity contribution in [1.82, 2.24) is 15.6 Å². The Kier molecular flexibility index (Phi) is 8.65. The number of fused-ring (bicyclic) bond motifs is 1. The molecule has 3 rings (SSSR count). The first-order valence-corrected chi connectivity index (χ1v) is 11.8. The predicted octanol–water partition coefficient (Wildman–Crippen LogP) is 2.61. The highest BCUT2D eigenvalue weighted by Gasteiger charge is 2.31. The minimum absolute atomic E-state index is 0.202. The van der Waals surface area contributed by atoms with E-state index in [1.54, 1.807) is 20.8 Å². The number of benzene rings is 2. The average molecular weight is 479 g/mol. The van der Waals surface area contributed by atoms with Gasteiger partial charge in [-0.3, -0.25) is 9.59 Å². The molecule has 0 spiro atoms. The topological polar surface area (TPSA) is 126 Å². The lowest BCUT2D eigenvalue weighted by atomic mass is 10.0. The monoisotopic (exact) mass is 478 g/mol. The number of ether oxygens (including phenoxy) is 1. The maximum atomic E-state index is 13.4. The largest absolute Gasteiger partial charge is 0.464 e. The van der Waals surface area contributed by atoms with E-state index in [0.29, 0.717) is 12.8 Å². The maximum absolute atomic E-state index is 13.4. The molecule has 5 N–H and O–H groups in total. The van der Waals surface area contributed by atoms with Crippen LogP contribution in [0, 0.1) is 0 Å². The SMILES string of the molecule is CCOC(=O)[C@@H](CCc1ccccc1)NC(=O)[C@@H](Cc1c[nH]c2ccccc12)NC(=O)C(C)(C)N. The summed E-state index contributed by atoms with van der Waals surface area (Å²) in [6.45, 7) is 5.07. The van der Waals surface area contributed by atoms with Crippen molar-refractivity contribution in [2.75, 3.05) is 6.61 Å². The fraction of sp³-hybridized carbons (Fsp3) is 0.370. The molecule has 0 aliphatic heterocycles. The van der Waals surface area contributed by atoms with Crippen LogP contribution < -0.4 is 16.4 Å². The Hall–Kier alpha value is -3.65. The van der Waals surface area contributed by atoms with Crippen molar-refractivity contribution in [1.29, 1.82) is 0 Å². The van der Waals surface area contributed by atoms with Gasteiger partial charge in [0.25, 0.3) is 0 Å². The molecular weight excluding hydrogens is 444 g/mol. The van der Waals surface area contributed by atoms with E-state index < -0.39 is 35.4 Å². The van der Waals surface area contributed by atoms with Crippen LogP contribution in [0.5, 0.6) is 0 Å². The van der Waals surface area contributed by atoms with Gasteiger partial charge in [0.15, 0.2) is 0 Å². The number of para-hydroxylation sites is 1. The highest BCUT2D eigenvalue weighted by molar-refractivity contribution is 5.94. The van der Waals surface area contributed by atoms with Gasteiger partial charge in [-0.2, -0.15) is 0 Å². The molecule has 1 aromatic heterocycles. The third kappa shape index (κ3) is 7.16. The van der Waals surface area contributed by atoms with Crippen LogP contribution in [0.1, 0.15) is 38.3 Å². The summed E-state index contributed by atoms with van der Waals surface area (Å²) in [7, 11) is 0. The third-order valence-corrected chi connectivity index (χ3v) is 5.76. The van der Waals surface area contributed by atoms with E-state index in [-0.39, 0.29) is 13.0 Å². The summed E-state index contributed by atoms with van der Waals surface area (Å²) in [6, 6.07) is 15.6. The van der Waals surface area contributed by atoms with Gasteiger partial charge in [0.2, 0.25) is 11.8 Å². The Balaban J connectivity index is 1.81. The predicted molar refractivity (Wildman–Crippen MR) is 136 cm³/mol. The van der Waals surface area contributed by atoms with Crippen LogP contribution in [0.2, 0.25) is 0 Å². The van der Waals surface area contributed by atoms with Crippen molar-refractivity contribution in [2.24, 2.45) is 5.73 Å². The molecule has 0 fully saturated rings. The highest BCUT2D eigenvalue weighted by Crippen LogP contribution is 2.19. The first-order valence-electron chi connectivity index (χ1n) is 11.8. The van der Waals surface area contributed by atoms with E-state index in [2.05, 4.69) is 15.6 Å². The zero-order valence-electron chi connectivity index (χ0n) is 20.5. The Morgan fingerprint density at radius 3 is 2.37 bits per heavy atom. The molecule has 0 saturated heterocycles. The number of esters is 1. The van der Waals surface area contributed by atoms with Crippen LogP contribution in [0.15, 0.2) is 60.8 Å². The molecule has 0 saturated carbocycles. The molecule has 0 bridgehead atoms. The summed E-state index contributed by atoms with van der Waals surface area (Å²) in [5.74, 6) is -1.44. The van der Waals surface area contributed by atoms with Crippen molar-refractivity contribution in [3.63, 3.8) is 0 Å². The van der Waals surface area contributed by atoms with Gasteiger partial charge in [0.05, 0.1) is 12.1 Å². The number of H-pyrrole nitrogens is 1. The van der Waals surface area contributed by atoms with Gasteiger partial charge in [-0.05, 0) is 50.8 Å². The van der Waals surface area contributed by atoms with Crippen LogP contribution in [0.4, 0.5) is 0 Å². The molecule has 0 unspecified atom stereocenters. The van der Waals surface area contributed by atoms with E-state index in [9.17, 15) is 14.4 Å². The van der Waals surface area contributed by atoms with E-state index in [0.717, 1.165) is 22.0 Å². The number of hydrogen-bond donors (Lipinski definition) is 4. The fourth-order valence-corrected chi connectivity index (χ4v) is 3.79. The van der Waals surface area contributed by atoms with Gasteiger partial charge >= 0.3 is 5.97 Å². The Morgan fingerprint density at radius 2 is 1.69 bits per heavy atom. The molecule has 35 heavy (non-hydrogen) atoms. The standard InChI is InChI=1S/C27H34N4O4/c1-4-35-25(33)22(15-14-18-10-6-5-7-11-18)30-24(32)23(31-26(34)27(2,3)28)16-19-17-29-21-13-9-8-12-20(19)21/h5-13,17,22-23,29H,4,14-16,28H2,1-3H3,(H,30,32)(H,31,34)/t22-,23-/m1/s1. The van der Waals surface area contributed by atoms with Crippen molar-refractivity contribution in [3.8, 4) is 0 Å². The number of nitrogens with two attached hydrogens (primary N) is 1. The van der Waals surface area contributed by atoms with Crippen molar-refractivity contribution in [2.45, 2.75) is 57.7 Å². The molecule has 0 aliphatic carbocycles. The van der Waals surface area contributed by atoms with Crippen LogP contribution in [0.3, 0.4) is 0 Å². The second-order valence-corrected chi connectivity index (χ2v) is 9.15. The molecule has 8 nitrogen and oxygen atoms in total. The lowest BCUT2D eigenvalue weighted by Crippen LogP contribution is -2.58. The molecule has 0 aliphatic rings. The molecule has 2 atom stereocenters. The molecule has 2 amide bonds. The number of aromatic nitrogens is 1. The summed E-state index contributed by atoms with van der Waals surface area (Å²) in [6.07, 6.45) is 3.00. The lowest BCUT2D eigenvalue weighted by molar-refractivity contribution is -0.147. The van der Waals surface area contributed by atoms with E-state index in [1.807, 2.05) is 60.8 Å². The summed E-state index contributed by atoms with van der Waals surface area (Å²) < 4.78 is 5.21. The quantitative estimate of drug-likeness (QED) is 0.315. The molecular formula is C27H34N4O4. The van der Waals surface area contributed by atoms with E-state index in [1.165, 1.54) is 0 Å². The van der Waals surface area contributed by atoms with Gasteiger partial charge < -0.3 is 26.1 Å². The lowest BCUT2D eigenvalue weighted by Gasteiger charge is -2.26. The number of amides is 2. The summed E-state index contributed by atoms with van der Waals surface area (Å²) in [4.78, 5) is 41.9. The molecule has 186 valence electrons. The third-order valence-electron chi connectivity index (χ3n) is 5.76. The smallest absolute Gasteiger partial charge is 0.328 e. The second kappa shape index (κ2) is 11.7. The molecule has 8 heteroatoms. The molecule has 2 aromatic carbocycles. The number of hydrogen-bond acceptors (Lipinski definition) is 5. The van der Waals surface area contributed by atoms with Gasteiger partial charge in [0.1, 0.15) is 12.1 Å². The van der Waals surface area contributed by atoms with Gasteiger partial charge in [-0.1, -0.05) is 48.5 Å². The van der Waals surface area contributed by atoms with Gasteiger partial charge in [0, 0.05) is 23.5 Å².